The van der Waals surface area contributed by atoms with Gasteiger partial charge in [0.1, 0.15) is 0 Å². The van der Waals surface area contributed by atoms with Crippen LogP contribution in [0.25, 0.3) is 0 Å². The van der Waals surface area contributed by atoms with E-state index in [9.17, 15) is 4.79 Å². The van der Waals surface area contributed by atoms with Crippen LogP contribution in [0, 0.1) is 0 Å². The first-order valence-corrected chi connectivity index (χ1v) is 6.60. The van der Waals surface area contributed by atoms with Crippen LogP contribution in [0.15, 0.2) is 12.1 Å². The average Bonchev–Trinajstić information content (AvgIpc) is 2.47. The topological polar surface area (TPSA) is 79.4 Å². The van der Waals surface area contributed by atoms with Crippen molar-refractivity contribution >= 4 is 29.3 Å². The average molecular weight is 286 g/mol. The van der Waals surface area contributed by atoms with Gasteiger partial charge in [-0.3, -0.25) is 5.32 Å². The lowest BCUT2D eigenvalue weighted by Gasteiger charge is -2.27. The van der Waals surface area contributed by atoms with Crippen molar-refractivity contribution in [3.05, 3.63) is 12.1 Å². The molecule has 1 aromatic heterocycles. The summed E-state index contributed by atoms with van der Waals surface area (Å²) >= 11 is 5.47. The molecule has 7 nitrogen and oxygen atoms in total. The molecule has 1 aliphatic heterocycles. The largest absolute Gasteiger partial charge is 0.378 e. The number of anilines is 2. The number of ether oxygens (including phenoxy) is 1. The molecular formula is C11H16ClN5O2. The molecule has 104 valence electrons. The second kappa shape index (κ2) is 7.10. The molecule has 0 unspecified atom stereocenters. The first-order chi connectivity index (χ1) is 9.29. The molecule has 1 aromatic rings. The minimum absolute atomic E-state index is 0.339. The van der Waals surface area contributed by atoms with E-state index in [-0.39, 0.29) is 6.03 Å². The Labute approximate surface area is 116 Å². The van der Waals surface area contributed by atoms with Gasteiger partial charge in [-0.05, 0) is 12.1 Å². The zero-order valence-electron chi connectivity index (χ0n) is 10.4. The number of nitrogens with one attached hydrogen (secondary N) is 2. The number of nitrogens with zero attached hydrogens (tertiary/aromatic N) is 3. The standard InChI is InChI=1S/C11H16ClN5O2/c12-3-4-13-11(18)14-9-1-2-10(16-15-9)17-5-7-19-8-6-17/h1-2H,3-8H2,(H2,13,14,15,18). The Bertz CT molecular complexity index is 408. The molecule has 2 heterocycles. The third-order valence-corrected chi connectivity index (χ3v) is 2.80. The van der Waals surface area contributed by atoms with Gasteiger partial charge in [0.25, 0.3) is 0 Å². The van der Waals surface area contributed by atoms with Gasteiger partial charge >= 0.3 is 6.03 Å². The van der Waals surface area contributed by atoms with Gasteiger partial charge < -0.3 is 15.0 Å². The molecule has 1 aliphatic rings. The molecule has 0 bridgehead atoms. The Kier molecular flexibility index (Phi) is 5.17. The van der Waals surface area contributed by atoms with Gasteiger partial charge in [-0.15, -0.1) is 21.8 Å². The van der Waals surface area contributed by atoms with E-state index in [1.54, 1.807) is 6.07 Å². The molecular weight excluding hydrogens is 270 g/mol. The second-order valence-corrected chi connectivity index (χ2v) is 4.32. The number of urea groups is 1. The summed E-state index contributed by atoms with van der Waals surface area (Å²) in [5.74, 6) is 1.56. The van der Waals surface area contributed by atoms with E-state index in [0.29, 0.717) is 31.5 Å². The quantitative estimate of drug-likeness (QED) is 0.795. The molecule has 0 spiro atoms. The summed E-state index contributed by atoms with van der Waals surface area (Å²) in [6.07, 6.45) is 0. The third kappa shape index (κ3) is 4.22. The molecule has 2 rings (SSSR count). The SMILES string of the molecule is O=C(NCCCl)Nc1ccc(N2CCOCC2)nn1. The lowest BCUT2D eigenvalue weighted by atomic mass is 10.4. The summed E-state index contributed by atoms with van der Waals surface area (Å²) in [4.78, 5) is 13.5. The number of alkyl halides is 1. The molecule has 1 fully saturated rings. The predicted molar refractivity (Wildman–Crippen MR) is 72.8 cm³/mol. The number of hydrogen-bond acceptors (Lipinski definition) is 5. The molecule has 0 radical (unpaired) electrons. The van der Waals surface area contributed by atoms with Crippen LogP contribution in [0.3, 0.4) is 0 Å². The van der Waals surface area contributed by atoms with Crippen molar-refractivity contribution in [2.24, 2.45) is 0 Å². The molecule has 8 heteroatoms. The van der Waals surface area contributed by atoms with Gasteiger partial charge in [0, 0.05) is 25.5 Å². The smallest absolute Gasteiger partial charge is 0.320 e. The summed E-state index contributed by atoms with van der Waals surface area (Å²) in [6.45, 7) is 3.41. The number of hydrogen-bond donors (Lipinski definition) is 2. The number of aromatic nitrogens is 2. The first kappa shape index (κ1) is 13.8. The molecule has 2 N–H and O–H groups in total. The van der Waals surface area contributed by atoms with Crippen molar-refractivity contribution in [3.63, 3.8) is 0 Å². The lowest BCUT2D eigenvalue weighted by molar-refractivity contribution is 0.122. The molecule has 0 aliphatic carbocycles. The monoisotopic (exact) mass is 285 g/mol. The second-order valence-electron chi connectivity index (χ2n) is 3.95. The minimum atomic E-state index is -0.339. The number of carbonyl (C=O) groups is 1. The highest BCUT2D eigenvalue weighted by atomic mass is 35.5. The highest BCUT2D eigenvalue weighted by molar-refractivity contribution is 6.18. The van der Waals surface area contributed by atoms with Crippen molar-refractivity contribution in [1.82, 2.24) is 15.5 Å². The van der Waals surface area contributed by atoms with Gasteiger partial charge in [-0.25, -0.2) is 4.79 Å². The number of halogens is 1. The van der Waals surface area contributed by atoms with Crippen molar-refractivity contribution in [2.45, 2.75) is 0 Å². The fourth-order valence-corrected chi connectivity index (χ4v) is 1.77. The van der Waals surface area contributed by atoms with Crippen LogP contribution in [0.5, 0.6) is 0 Å². The van der Waals surface area contributed by atoms with Crippen LogP contribution in [0.1, 0.15) is 0 Å². The summed E-state index contributed by atoms with van der Waals surface area (Å²) in [5, 5.41) is 13.2. The Morgan fingerprint density at radius 2 is 2.16 bits per heavy atom. The minimum Gasteiger partial charge on any atom is -0.378 e. The van der Waals surface area contributed by atoms with Crippen LogP contribution in [-0.2, 0) is 4.74 Å². The van der Waals surface area contributed by atoms with Crippen LogP contribution in [-0.4, -0.2) is 55.0 Å². The Hall–Kier alpha value is -1.60. The number of morpholine rings is 1. The van der Waals surface area contributed by atoms with Crippen LogP contribution in [0.4, 0.5) is 16.4 Å². The van der Waals surface area contributed by atoms with E-state index in [2.05, 4.69) is 25.7 Å². The van der Waals surface area contributed by atoms with Crippen LogP contribution in [0.2, 0.25) is 0 Å². The van der Waals surface area contributed by atoms with E-state index >= 15 is 0 Å². The maximum atomic E-state index is 11.4. The Morgan fingerprint density at radius 1 is 1.37 bits per heavy atom. The van der Waals surface area contributed by atoms with Crippen molar-refractivity contribution in [3.8, 4) is 0 Å². The van der Waals surface area contributed by atoms with Crippen molar-refractivity contribution in [2.75, 3.05) is 48.9 Å². The Morgan fingerprint density at radius 3 is 2.79 bits per heavy atom. The molecule has 0 saturated carbocycles. The lowest BCUT2D eigenvalue weighted by Crippen LogP contribution is -2.37. The number of amides is 2. The third-order valence-electron chi connectivity index (χ3n) is 2.61. The van der Waals surface area contributed by atoms with Gasteiger partial charge in [-0.1, -0.05) is 0 Å². The summed E-state index contributed by atoms with van der Waals surface area (Å²) < 4.78 is 5.27. The zero-order chi connectivity index (χ0) is 13.5. The van der Waals surface area contributed by atoms with Gasteiger partial charge in [0.15, 0.2) is 11.6 Å². The fraction of sp³-hybridized carbons (Fsp3) is 0.545. The molecule has 1 saturated heterocycles. The summed E-state index contributed by atoms with van der Waals surface area (Å²) in [6, 6.07) is 3.21. The van der Waals surface area contributed by atoms with Crippen molar-refractivity contribution in [1.29, 1.82) is 0 Å². The van der Waals surface area contributed by atoms with Gasteiger partial charge in [-0.2, -0.15) is 0 Å². The normalized spacial score (nSPS) is 15.1. The molecule has 0 atom stereocenters. The molecule has 0 aromatic carbocycles. The number of rotatable bonds is 4. The predicted octanol–water partition coefficient (Wildman–Crippen LogP) is 0.673. The van der Waals surface area contributed by atoms with E-state index in [4.69, 9.17) is 16.3 Å². The van der Waals surface area contributed by atoms with E-state index in [0.717, 1.165) is 18.9 Å². The van der Waals surface area contributed by atoms with E-state index in [1.165, 1.54) is 0 Å². The molecule has 2 amide bonds. The summed E-state index contributed by atoms with van der Waals surface area (Å²) in [7, 11) is 0. The van der Waals surface area contributed by atoms with Gasteiger partial charge in [0.2, 0.25) is 0 Å². The fourth-order valence-electron chi connectivity index (χ4n) is 1.67. The van der Waals surface area contributed by atoms with Crippen LogP contribution >= 0.6 is 11.6 Å². The maximum Gasteiger partial charge on any atom is 0.320 e. The van der Waals surface area contributed by atoms with Crippen LogP contribution < -0.4 is 15.5 Å². The maximum absolute atomic E-state index is 11.4. The van der Waals surface area contributed by atoms with E-state index < -0.39 is 0 Å². The molecule has 19 heavy (non-hydrogen) atoms. The first-order valence-electron chi connectivity index (χ1n) is 6.07. The highest BCUT2D eigenvalue weighted by Crippen LogP contribution is 2.12. The van der Waals surface area contributed by atoms with E-state index in [1.807, 2.05) is 6.07 Å². The zero-order valence-corrected chi connectivity index (χ0v) is 11.2. The summed E-state index contributed by atoms with van der Waals surface area (Å²) in [5.41, 5.74) is 0. The van der Waals surface area contributed by atoms with Gasteiger partial charge in [0.05, 0.1) is 13.2 Å². The number of carbonyl (C=O) groups excluding carboxylic acids is 1. The van der Waals surface area contributed by atoms with Crippen molar-refractivity contribution < 1.29 is 9.53 Å². The Balaban J connectivity index is 1.88. The highest BCUT2D eigenvalue weighted by Gasteiger charge is 2.12.